The molecule has 0 bridgehead atoms. The SMILES string of the molecule is NCc1ccc(Br)cc1N1CCCC2CCCCC21. The molecule has 2 fully saturated rings. The summed E-state index contributed by atoms with van der Waals surface area (Å²) in [4.78, 5) is 2.65. The summed E-state index contributed by atoms with van der Waals surface area (Å²) in [5.74, 6) is 0.909. The number of hydrogen-bond acceptors (Lipinski definition) is 2. The molecule has 3 rings (SSSR count). The van der Waals surface area contributed by atoms with Crippen LogP contribution in [0.5, 0.6) is 0 Å². The first kappa shape index (κ1) is 13.4. The lowest BCUT2D eigenvalue weighted by atomic mass is 9.78. The number of anilines is 1. The summed E-state index contributed by atoms with van der Waals surface area (Å²) < 4.78 is 1.16. The first-order chi connectivity index (χ1) is 9.29. The Morgan fingerprint density at radius 2 is 1.95 bits per heavy atom. The van der Waals surface area contributed by atoms with Crippen molar-refractivity contribution in [2.45, 2.75) is 51.1 Å². The van der Waals surface area contributed by atoms with E-state index in [1.807, 2.05) is 0 Å². The molecule has 104 valence electrons. The highest BCUT2D eigenvalue weighted by atomic mass is 79.9. The number of benzene rings is 1. The first-order valence-electron chi connectivity index (χ1n) is 7.54. The van der Waals surface area contributed by atoms with Crippen LogP contribution in [0.15, 0.2) is 22.7 Å². The molecule has 1 heterocycles. The predicted octanol–water partition coefficient (Wildman–Crippen LogP) is 4.07. The molecule has 2 N–H and O–H groups in total. The van der Waals surface area contributed by atoms with Gasteiger partial charge in [0.05, 0.1) is 0 Å². The van der Waals surface area contributed by atoms with E-state index in [9.17, 15) is 0 Å². The van der Waals surface area contributed by atoms with E-state index in [1.165, 1.54) is 56.3 Å². The predicted molar refractivity (Wildman–Crippen MR) is 84.4 cm³/mol. The van der Waals surface area contributed by atoms with Gasteiger partial charge in [-0.2, -0.15) is 0 Å². The van der Waals surface area contributed by atoms with Crippen molar-refractivity contribution in [1.29, 1.82) is 0 Å². The first-order valence-corrected chi connectivity index (χ1v) is 8.34. The molecule has 0 radical (unpaired) electrons. The maximum atomic E-state index is 5.93. The molecule has 1 aromatic carbocycles. The molecular weight excluding hydrogens is 300 g/mol. The maximum Gasteiger partial charge on any atom is 0.0425 e. The smallest absolute Gasteiger partial charge is 0.0425 e. The Kier molecular flexibility index (Phi) is 4.13. The van der Waals surface area contributed by atoms with Crippen LogP contribution in [-0.2, 0) is 6.54 Å². The van der Waals surface area contributed by atoms with Crippen molar-refractivity contribution < 1.29 is 0 Å². The van der Waals surface area contributed by atoms with Crippen molar-refractivity contribution in [3.8, 4) is 0 Å². The summed E-state index contributed by atoms with van der Waals surface area (Å²) in [5, 5.41) is 0. The Morgan fingerprint density at radius 3 is 2.79 bits per heavy atom. The van der Waals surface area contributed by atoms with Crippen molar-refractivity contribution in [1.82, 2.24) is 0 Å². The van der Waals surface area contributed by atoms with Gasteiger partial charge in [-0.3, -0.25) is 0 Å². The third-order valence-electron chi connectivity index (χ3n) is 4.82. The van der Waals surface area contributed by atoms with Gasteiger partial charge in [-0.1, -0.05) is 34.8 Å². The molecule has 0 amide bonds. The molecule has 1 saturated heterocycles. The molecule has 2 aliphatic rings. The number of fused-ring (bicyclic) bond motifs is 1. The molecule has 0 spiro atoms. The summed E-state index contributed by atoms with van der Waals surface area (Å²) in [6, 6.07) is 7.29. The molecule has 1 aliphatic heterocycles. The van der Waals surface area contributed by atoms with E-state index in [1.54, 1.807) is 0 Å². The summed E-state index contributed by atoms with van der Waals surface area (Å²) in [6.07, 6.45) is 8.36. The van der Waals surface area contributed by atoms with E-state index in [0.29, 0.717) is 6.54 Å². The van der Waals surface area contributed by atoms with E-state index < -0.39 is 0 Å². The lowest BCUT2D eigenvalue weighted by Gasteiger charge is -2.46. The van der Waals surface area contributed by atoms with Crippen LogP contribution < -0.4 is 10.6 Å². The van der Waals surface area contributed by atoms with Crippen molar-refractivity contribution in [3.63, 3.8) is 0 Å². The van der Waals surface area contributed by atoms with Gasteiger partial charge in [0.25, 0.3) is 0 Å². The number of nitrogens with two attached hydrogens (primary N) is 1. The molecule has 1 aromatic rings. The minimum Gasteiger partial charge on any atom is -0.368 e. The second-order valence-corrected chi connectivity index (χ2v) is 6.84. The quantitative estimate of drug-likeness (QED) is 0.889. The van der Waals surface area contributed by atoms with E-state index in [0.717, 1.165) is 16.4 Å². The van der Waals surface area contributed by atoms with Crippen LogP contribution in [0.4, 0.5) is 5.69 Å². The van der Waals surface area contributed by atoms with Crippen molar-refractivity contribution in [3.05, 3.63) is 28.2 Å². The zero-order valence-corrected chi connectivity index (χ0v) is 13.0. The highest BCUT2D eigenvalue weighted by Crippen LogP contribution is 2.39. The number of nitrogens with zero attached hydrogens (tertiary/aromatic N) is 1. The monoisotopic (exact) mass is 322 g/mol. The largest absolute Gasteiger partial charge is 0.368 e. The fourth-order valence-electron chi connectivity index (χ4n) is 3.90. The van der Waals surface area contributed by atoms with Crippen molar-refractivity contribution >= 4 is 21.6 Å². The summed E-state index contributed by atoms with van der Waals surface area (Å²) in [5.41, 5.74) is 8.59. The van der Waals surface area contributed by atoms with Gasteiger partial charge in [0.2, 0.25) is 0 Å². The van der Waals surface area contributed by atoms with Crippen LogP contribution in [0, 0.1) is 5.92 Å². The van der Waals surface area contributed by atoms with E-state index in [2.05, 4.69) is 39.0 Å². The van der Waals surface area contributed by atoms with Crippen LogP contribution in [0.3, 0.4) is 0 Å². The van der Waals surface area contributed by atoms with Crippen molar-refractivity contribution in [2.75, 3.05) is 11.4 Å². The Morgan fingerprint density at radius 1 is 1.16 bits per heavy atom. The molecule has 1 aliphatic carbocycles. The van der Waals surface area contributed by atoms with E-state index >= 15 is 0 Å². The molecular formula is C16H23BrN2. The normalized spacial score (nSPS) is 27.2. The van der Waals surface area contributed by atoms with E-state index in [4.69, 9.17) is 5.73 Å². The highest BCUT2D eigenvalue weighted by Gasteiger charge is 2.33. The molecule has 19 heavy (non-hydrogen) atoms. The highest BCUT2D eigenvalue weighted by molar-refractivity contribution is 9.10. The Labute approximate surface area is 124 Å². The average molecular weight is 323 g/mol. The standard InChI is InChI=1S/C16H23BrN2/c17-14-8-7-13(11-18)16(10-14)19-9-3-5-12-4-1-2-6-15(12)19/h7-8,10,12,15H,1-6,9,11,18H2. The summed E-state index contributed by atoms with van der Waals surface area (Å²) >= 11 is 3.61. The minimum absolute atomic E-state index is 0.635. The number of hydrogen-bond donors (Lipinski definition) is 1. The Bertz CT molecular complexity index is 444. The topological polar surface area (TPSA) is 29.3 Å². The fraction of sp³-hybridized carbons (Fsp3) is 0.625. The van der Waals surface area contributed by atoms with Crippen LogP contribution in [0.1, 0.15) is 44.1 Å². The minimum atomic E-state index is 0.635. The molecule has 0 aromatic heterocycles. The number of piperidine rings is 1. The lowest BCUT2D eigenvalue weighted by molar-refractivity contribution is 0.243. The second-order valence-electron chi connectivity index (χ2n) is 5.92. The van der Waals surface area contributed by atoms with Crippen LogP contribution in [0.25, 0.3) is 0 Å². The molecule has 2 nitrogen and oxygen atoms in total. The zero-order chi connectivity index (χ0) is 13.2. The molecule has 2 atom stereocenters. The lowest BCUT2D eigenvalue weighted by Crippen LogP contribution is -2.47. The molecule has 2 unspecified atom stereocenters. The van der Waals surface area contributed by atoms with Crippen LogP contribution in [-0.4, -0.2) is 12.6 Å². The van der Waals surface area contributed by atoms with Gasteiger partial charge in [-0.25, -0.2) is 0 Å². The molecule has 3 heteroatoms. The maximum absolute atomic E-state index is 5.93. The summed E-state index contributed by atoms with van der Waals surface area (Å²) in [6.45, 7) is 1.83. The Balaban J connectivity index is 1.93. The third kappa shape index (κ3) is 2.68. The van der Waals surface area contributed by atoms with Crippen molar-refractivity contribution in [2.24, 2.45) is 11.7 Å². The molecule has 1 saturated carbocycles. The second kappa shape index (κ2) is 5.84. The van der Waals surface area contributed by atoms with Gasteiger partial charge in [-0.15, -0.1) is 0 Å². The van der Waals surface area contributed by atoms with Gasteiger partial charge in [0, 0.05) is 29.3 Å². The average Bonchev–Trinajstić information content (AvgIpc) is 2.46. The van der Waals surface area contributed by atoms with Gasteiger partial charge in [-0.05, 0) is 49.3 Å². The fourth-order valence-corrected chi connectivity index (χ4v) is 4.25. The van der Waals surface area contributed by atoms with Gasteiger partial charge >= 0.3 is 0 Å². The van der Waals surface area contributed by atoms with E-state index in [-0.39, 0.29) is 0 Å². The summed E-state index contributed by atoms with van der Waals surface area (Å²) in [7, 11) is 0. The van der Waals surface area contributed by atoms with Gasteiger partial charge in [0.1, 0.15) is 0 Å². The number of halogens is 1. The van der Waals surface area contributed by atoms with Crippen LogP contribution in [0.2, 0.25) is 0 Å². The van der Waals surface area contributed by atoms with Gasteiger partial charge < -0.3 is 10.6 Å². The zero-order valence-electron chi connectivity index (χ0n) is 11.4. The Hall–Kier alpha value is -0.540. The van der Waals surface area contributed by atoms with Gasteiger partial charge in [0.15, 0.2) is 0 Å². The third-order valence-corrected chi connectivity index (χ3v) is 5.31. The van der Waals surface area contributed by atoms with Crippen LogP contribution >= 0.6 is 15.9 Å². The number of rotatable bonds is 2.